The Labute approximate surface area is 206 Å². The molecule has 0 radical (unpaired) electrons. The van der Waals surface area contributed by atoms with E-state index in [0.29, 0.717) is 11.3 Å². The van der Waals surface area contributed by atoms with E-state index >= 15 is 0 Å². The number of nitrogens with zero attached hydrogens (tertiary/aromatic N) is 2. The number of aromatic hydroxyl groups is 1. The predicted octanol–water partition coefficient (Wildman–Crippen LogP) is 1.11. The van der Waals surface area contributed by atoms with Gasteiger partial charge in [0.15, 0.2) is 11.4 Å². The molecular weight excluding hydrogens is 466 g/mol. The van der Waals surface area contributed by atoms with Gasteiger partial charge in [0.1, 0.15) is 22.8 Å². The SMILES string of the molecule is CN(C)[C@@H]1C(O)=C(C(N)=O)C(=O)[C@@]2(O)C(O)=C3C(=O)c4c(O)cccc4[C@H](c4ccccn4)[C@H]3C[C@@H]12. The highest BCUT2D eigenvalue weighted by Crippen LogP contribution is 2.56. The van der Waals surface area contributed by atoms with Crippen molar-refractivity contribution in [2.75, 3.05) is 14.1 Å². The summed E-state index contributed by atoms with van der Waals surface area (Å²) in [6, 6.07) is 8.81. The monoisotopic (exact) mass is 491 g/mol. The lowest BCUT2D eigenvalue weighted by Gasteiger charge is -2.51. The second-order valence-corrected chi connectivity index (χ2v) is 9.64. The number of pyridine rings is 1. The number of aliphatic hydroxyl groups is 3. The number of rotatable bonds is 3. The summed E-state index contributed by atoms with van der Waals surface area (Å²) in [5.41, 5.74) is 2.59. The number of Topliss-reactive ketones (excluding diaryl/α,β-unsaturated/α-hetero) is 2. The van der Waals surface area contributed by atoms with Crippen LogP contribution in [0.1, 0.15) is 34.0 Å². The summed E-state index contributed by atoms with van der Waals surface area (Å²) in [4.78, 5) is 45.2. The van der Waals surface area contributed by atoms with Crippen LogP contribution in [0.4, 0.5) is 0 Å². The molecule has 1 aromatic carbocycles. The third-order valence-electron chi connectivity index (χ3n) is 7.62. The van der Waals surface area contributed by atoms with Gasteiger partial charge in [0.25, 0.3) is 5.91 Å². The van der Waals surface area contributed by atoms with Crippen LogP contribution in [0.3, 0.4) is 0 Å². The number of primary amides is 1. The zero-order chi connectivity index (χ0) is 26.1. The fourth-order valence-corrected chi connectivity index (χ4v) is 6.16. The van der Waals surface area contributed by atoms with Crippen LogP contribution in [-0.2, 0) is 9.59 Å². The molecule has 3 aliphatic rings. The Kier molecular flexibility index (Phi) is 5.27. The minimum atomic E-state index is -2.69. The van der Waals surface area contributed by atoms with Crippen LogP contribution in [0.15, 0.2) is 65.3 Å². The number of aromatic nitrogens is 1. The van der Waals surface area contributed by atoms with E-state index < -0.39 is 64.0 Å². The summed E-state index contributed by atoms with van der Waals surface area (Å²) in [5, 5.41) is 44.7. The lowest BCUT2D eigenvalue weighted by atomic mass is 9.56. The highest BCUT2D eigenvalue weighted by Gasteiger charge is 2.64. The number of aliphatic hydroxyl groups excluding tert-OH is 2. The zero-order valence-electron chi connectivity index (χ0n) is 19.5. The number of likely N-dealkylation sites (N-methyl/N-ethyl adjacent to an activating group) is 1. The highest BCUT2D eigenvalue weighted by molar-refractivity contribution is 6.24. The largest absolute Gasteiger partial charge is 0.510 e. The highest BCUT2D eigenvalue weighted by atomic mass is 16.3. The van der Waals surface area contributed by atoms with Gasteiger partial charge in [0.05, 0.1) is 11.6 Å². The van der Waals surface area contributed by atoms with Gasteiger partial charge >= 0.3 is 0 Å². The third kappa shape index (κ3) is 2.98. The van der Waals surface area contributed by atoms with Crippen molar-refractivity contribution in [1.82, 2.24) is 9.88 Å². The van der Waals surface area contributed by atoms with Crippen molar-refractivity contribution in [2.24, 2.45) is 17.6 Å². The van der Waals surface area contributed by atoms with Crippen molar-refractivity contribution >= 4 is 17.5 Å². The average molecular weight is 492 g/mol. The summed E-state index contributed by atoms with van der Waals surface area (Å²) in [6.45, 7) is 0. The van der Waals surface area contributed by atoms with Gasteiger partial charge in [0.2, 0.25) is 5.78 Å². The first-order valence-electron chi connectivity index (χ1n) is 11.4. The number of ketones is 2. The van der Waals surface area contributed by atoms with E-state index in [9.17, 15) is 34.8 Å². The number of nitrogens with two attached hydrogens (primary N) is 1. The van der Waals surface area contributed by atoms with E-state index in [-0.39, 0.29) is 23.3 Å². The van der Waals surface area contributed by atoms with Crippen LogP contribution in [0.25, 0.3) is 0 Å². The Hall–Kier alpha value is -4.02. The smallest absolute Gasteiger partial charge is 0.255 e. The van der Waals surface area contributed by atoms with Crippen LogP contribution >= 0.6 is 0 Å². The first-order chi connectivity index (χ1) is 17.0. The maximum absolute atomic E-state index is 13.7. The standard InChI is InChI=1S/C26H25N3O7/c1-29(2)20-13-10-12-16(14-7-3-4-9-28-14)11-6-5-8-15(30)17(11)21(31)18(12)23(33)26(13,36)24(34)19(22(20)32)25(27)35/h3-9,12-13,16,20,30,32-33,36H,10H2,1-2H3,(H2,27,35)/t12-,13+,16+,20+,26+/m1/s1. The summed E-state index contributed by atoms with van der Waals surface area (Å²) in [7, 11) is 3.17. The first kappa shape index (κ1) is 23.7. The van der Waals surface area contributed by atoms with E-state index in [1.165, 1.54) is 11.0 Å². The fraction of sp³-hybridized carbons (Fsp3) is 0.308. The number of carbonyl (C=O) groups excluding carboxylic acids is 3. The van der Waals surface area contributed by atoms with E-state index in [4.69, 9.17) is 5.73 Å². The minimum Gasteiger partial charge on any atom is -0.510 e. The quantitative estimate of drug-likeness (QED) is 0.394. The number of hydrogen-bond acceptors (Lipinski definition) is 9. The van der Waals surface area contributed by atoms with Gasteiger partial charge in [-0.2, -0.15) is 0 Å². The molecule has 2 aromatic rings. The predicted molar refractivity (Wildman–Crippen MR) is 126 cm³/mol. The van der Waals surface area contributed by atoms with E-state index in [1.54, 1.807) is 50.6 Å². The molecule has 10 nitrogen and oxygen atoms in total. The van der Waals surface area contributed by atoms with E-state index in [2.05, 4.69) is 4.98 Å². The second-order valence-electron chi connectivity index (χ2n) is 9.64. The van der Waals surface area contributed by atoms with Crippen LogP contribution in [0.5, 0.6) is 5.75 Å². The van der Waals surface area contributed by atoms with Gasteiger partial charge < -0.3 is 26.2 Å². The van der Waals surface area contributed by atoms with Gasteiger partial charge in [-0.25, -0.2) is 0 Å². The van der Waals surface area contributed by atoms with Gasteiger partial charge in [0, 0.05) is 35.2 Å². The molecule has 0 saturated heterocycles. The molecule has 0 aliphatic heterocycles. The normalized spacial score (nSPS) is 29.7. The van der Waals surface area contributed by atoms with Gasteiger partial charge in [-0.15, -0.1) is 0 Å². The maximum atomic E-state index is 13.7. The molecule has 5 rings (SSSR count). The molecule has 5 atom stereocenters. The summed E-state index contributed by atoms with van der Waals surface area (Å²) in [5.74, 6) is -7.61. The average Bonchev–Trinajstić information content (AvgIpc) is 2.81. The van der Waals surface area contributed by atoms with Crippen molar-refractivity contribution in [3.05, 3.63) is 82.1 Å². The Bertz CT molecular complexity index is 1380. The molecular formula is C26H25N3O7. The molecule has 3 aliphatic carbocycles. The van der Waals surface area contributed by atoms with Gasteiger partial charge in [-0.05, 0) is 44.3 Å². The van der Waals surface area contributed by atoms with Crippen LogP contribution in [-0.4, -0.2) is 73.5 Å². The molecule has 36 heavy (non-hydrogen) atoms. The molecule has 0 spiro atoms. The number of carbonyl (C=O) groups is 3. The number of amides is 1. The Morgan fingerprint density at radius 1 is 1.11 bits per heavy atom. The number of phenols is 1. The molecule has 0 bridgehead atoms. The molecule has 0 unspecified atom stereocenters. The second kappa shape index (κ2) is 8.00. The van der Waals surface area contributed by atoms with E-state index in [1.807, 2.05) is 0 Å². The Morgan fingerprint density at radius 2 is 1.83 bits per heavy atom. The van der Waals surface area contributed by atoms with Crippen molar-refractivity contribution in [3.8, 4) is 5.75 Å². The molecule has 1 amide bonds. The number of hydrogen-bond donors (Lipinski definition) is 5. The van der Waals surface area contributed by atoms with Crippen molar-refractivity contribution in [2.45, 2.75) is 24.0 Å². The Balaban J connectivity index is 1.82. The molecule has 1 heterocycles. The first-order valence-corrected chi connectivity index (χ1v) is 11.4. The van der Waals surface area contributed by atoms with Gasteiger partial charge in [-0.1, -0.05) is 18.2 Å². The van der Waals surface area contributed by atoms with Crippen molar-refractivity contribution in [1.29, 1.82) is 0 Å². The summed E-state index contributed by atoms with van der Waals surface area (Å²) >= 11 is 0. The lowest BCUT2D eigenvalue weighted by molar-refractivity contribution is -0.148. The summed E-state index contributed by atoms with van der Waals surface area (Å²) < 4.78 is 0. The van der Waals surface area contributed by atoms with Gasteiger partial charge in [-0.3, -0.25) is 24.3 Å². The molecule has 10 heteroatoms. The number of phenolic OH excluding ortho intramolecular Hbond substituents is 1. The molecule has 1 aromatic heterocycles. The van der Waals surface area contributed by atoms with E-state index in [0.717, 1.165) is 0 Å². The lowest BCUT2D eigenvalue weighted by Crippen LogP contribution is -2.64. The molecule has 6 N–H and O–H groups in total. The Morgan fingerprint density at radius 3 is 2.44 bits per heavy atom. The topological polar surface area (TPSA) is 174 Å². The van der Waals surface area contributed by atoms with Crippen LogP contribution < -0.4 is 5.73 Å². The number of fused-ring (bicyclic) bond motifs is 3. The molecule has 186 valence electrons. The van der Waals surface area contributed by atoms with Crippen LogP contribution in [0.2, 0.25) is 0 Å². The minimum absolute atomic E-state index is 0.0251. The molecule has 0 fully saturated rings. The number of benzene rings is 1. The number of allylic oxidation sites excluding steroid dienone is 1. The maximum Gasteiger partial charge on any atom is 0.255 e. The fourth-order valence-electron chi connectivity index (χ4n) is 6.16. The van der Waals surface area contributed by atoms with Crippen molar-refractivity contribution in [3.63, 3.8) is 0 Å². The van der Waals surface area contributed by atoms with Crippen molar-refractivity contribution < 1.29 is 34.8 Å². The van der Waals surface area contributed by atoms with Crippen LogP contribution in [0, 0.1) is 11.8 Å². The zero-order valence-corrected chi connectivity index (χ0v) is 19.5. The molecule has 0 saturated carbocycles. The summed E-state index contributed by atoms with van der Waals surface area (Å²) in [6.07, 6.45) is 1.56. The third-order valence-corrected chi connectivity index (χ3v) is 7.62.